The lowest BCUT2D eigenvalue weighted by molar-refractivity contribution is -0.116. The van der Waals surface area contributed by atoms with Gasteiger partial charge in [0.2, 0.25) is 11.0 Å². The van der Waals surface area contributed by atoms with Gasteiger partial charge in [0.1, 0.15) is 0 Å². The third kappa shape index (κ3) is 3.49. The first-order valence-corrected chi connectivity index (χ1v) is 9.70. The summed E-state index contributed by atoms with van der Waals surface area (Å²) in [5.74, 6) is 0.135. The quantitative estimate of drug-likeness (QED) is 0.536. The fourth-order valence-electron chi connectivity index (χ4n) is 2.68. The van der Waals surface area contributed by atoms with Gasteiger partial charge in [0.25, 0.3) is 5.91 Å². The molecule has 0 saturated heterocycles. The number of aromatic nitrogens is 2. The fourth-order valence-corrected chi connectivity index (χ4v) is 4.31. The van der Waals surface area contributed by atoms with Gasteiger partial charge in [-0.05, 0) is 30.2 Å². The van der Waals surface area contributed by atoms with Crippen LogP contribution in [0.25, 0.3) is 0 Å². The van der Waals surface area contributed by atoms with E-state index in [2.05, 4.69) is 21.6 Å². The van der Waals surface area contributed by atoms with Gasteiger partial charge in [-0.3, -0.25) is 14.9 Å². The zero-order valence-electron chi connectivity index (χ0n) is 13.5. The van der Waals surface area contributed by atoms with E-state index in [1.807, 2.05) is 23.1 Å². The van der Waals surface area contributed by atoms with Gasteiger partial charge in [0.05, 0.1) is 12.0 Å². The van der Waals surface area contributed by atoms with Gasteiger partial charge >= 0.3 is 0 Å². The Bertz CT molecular complexity index is 939. The zero-order valence-corrected chi connectivity index (χ0v) is 15.2. The van der Waals surface area contributed by atoms with Crippen molar-refractivity contribution in [1.29, 1.82) is 0 Å². The molecule has 0 saturated carbocycles. The second-order valence-electron chi connectivity index (χ2n) is 5.52. The summed E-state index contributed by atoms with van der Waals surface area (Å²) in [6.45, 7) is 0.708. The summed E-state index contributed by atoms with van der Waals surface area (Å²) in [5.41, 5.74) is 2.19. The Labute approximate surface area is 157 Å². The second kappa shape index (κ2) is 7.30. The Morgan fingerprint density at radius 2 is 2.12 bits per heavy atom. The number of benzene rings is 1. The normalized spacial score (nSPS) is 12.8. The Morgan fingerprint density at radius 1 is 1.23 bits per heavy atom. The molecule has 3 aromatic rings. The molecule has 0 unspecified atom stereocenters. The third-order valence-corrected chi connectivity index (χ3v) is 5.84. The molecule has 132 valence electrons. The Balaban J connectivity index is 1.34. The Kier molecular flexibility index (Phi) is 4.72. The van der Waals surface area contributed by atoms with Crippen LogP contribution in [0.5, 0.6) is 0 Å². The molecule has 0 spiro atoms. The van der Waals surface area contributed by atoms with Gasteiger partial charge in [-0.25, -0.2) is 0 Å². The van der Waals surface area contributed by atoms with Crippen LogP contribution in [0.15, 0.2) is 51.4 Å². The molecular weight excluding hydrogens is 372 g/mol. The summed E-state index contributed by atoms with van der Waals surface area (Å²) in [6, 6.07) is 11.2. The molecule has 1 N–H and O–H groups in total. The maximum atomic E-state index is 12.5. The average molecular weight is 386 g/mol. The molecule has 1 aliphatic heterocycles. The van der Waals surface area contributed by atoms with Crippen molar-refractivity contribution in [2.24, 2.45) is 0 Å². The zero-order chi connectivity index (χ0) is 17.9. The fraction of sp³-hybridized carbons (Fsp3) is 0.176. The topological polar surface area (TPSA) is 88.3 Å². The number of furan rings is 1. The number of nitrogens with zero attached hydrogens (tertiary/aromatic N) is 3. The number of fused-ring (bicyclic) bond motifs is 1. The van der Waals surface area contributed by atoms with Crippen LogP contribution in [-0.2, 0) is 11.2 Å². The van der Waals surface area contributed by atoms with Gasteiger partial charge in [-0.15, -0.1) is 10.2 Å². The lowest BCUT2D eigenvalue weighted by Crippen LogP contribution is -2.30. The van der Waals surface area contributed by atoms with Crippen LogP contribution in [0.2, 0.25) is 0 Å². The van der Waals surface area contributed by atoms with Crippen molar-refractivity contribution in [3.63, 3.8) is 0 Å². The van der Waals surface area contributed by atoms with E-state index in [9.17, 15) is 9.59 Å². The highest BCUT2D eigenvalue weighted by atomic mass is 32.2. The van der Waals surface area contributed by atoms with E-state index in [0.29, 0.717) is 16.0 Å². The number of thioether (sulfide) groups is 1. The van der Waals surface area contributed by atoms with Crippen LogP contribution in [-0.4, -0.2) is 34.3 Å². The first-order chi connectivity index (χ1) is 12.7. The minimum absolute atomic E-state index is 0.0383. The smallest absolute Gasteiger partial charge is 0.293 e. The largest absolute Gasteiger partial charge is 0.459 e. The lowest BCUT2D eigenvalue weighted by Gasteiger charge is -2.16. The highest BCUT2D eigenvalue weighted by Crippen LogP contribution is 2.30. The monoisotopic (exact) mass is 386 g/mol. The van der Waals surface area contributed by atoms with Crippen LogP contribution in [0.4, 0.5) is 10.8 Å². The maximum absolute atomic E-state index is 12.5. The molecule has 4 rings (SSSR count). The summed E-state index contributed by atoms with van der Waals surface area (Å²) in [7, 11) is 0. The SMILES string of the molecule is O=C(Nc1nnc(SCC(=O)N2CCc3ccccc32)s1)c1ccco1. The highest BCUT2D eigenvalue weighted by molar-refractivity contribution is 8.01. The molecular formula is C17H14N4O3S2. The number of carbonyl (C=O) groups is 2. The molecule has 2 aromatic heterocycles. The summed E-state index contributed by atoms with van der Waals surface area (Å²) >= 11 is 2.54. The summed E-state index contributed by atoms with van der Waals surface area (Å²) in [4.78, 5) is 26.2. The molecule has 1 aliphatic rings. The predicted octanol–water partition coefficient (Wildman–Crippen LogP) is 3.06. The van der Waals surface area contributed by atoms with E-state index < -0.39 is 0 Å². The Morgan fingerprint density at radius 3 is 2.96 bits per heavy atom. The molecule has 0 radical (unpaired) electrons. The number of nitrogens with one attached hydrogen (secondary N) is 1. The highest BCUT2D eigenvalue weighted by Gasteiger charge is 2.24. The maximum Gasteiger partial charge on any atom is 0.293 e. The predicted molar refractivity (Wildman–Crippen MR) is 99.8 cm³/mol. The number of carbonyl (C=O) groups excluding carboxylic acids is 2. The van der Waals surface area contributed by atoms with Crippen molar-refractivity contribution < 1.29 is 14.0 Å². The summed E-state index contributed by atoms with van der Waals surface area (Å²) in [6.07, 6.45) is 2.31. The van der Waals surface area contributed by atoms with E-state index in [0.717, 1.165) is 12.1 Å². The lowest BCUT2D eigenvalue weighted by atomic mass is 10.2. The van der Waals surface area contributed by atoms with Crippen LogP contribution in [0.1, 0.15) is 16.1 Å². The van der Waals surface area contributed by atoms with Crippen LogP contribution < -0.4 is 10.2 Å². The van der Waals surface area contributed by atoms with Crippen molar-refractivity contribution in [3.8, 4) is 0 Å². The molecule has 2 amide bonds. The third-order valence-electron chi connectivity index (χ3n) is 3.88. The van der Waals surface area contributed by atoms with Crippen LogP contribution in [0, 0.1) is 0 Å². The van der Waals surface area contributed by atoms with E-state index >= 15 is 0 Å². The molecule has 0 aliphatic carbocycles. The number of hydrogen-bond donors (Lipinski definition) is 1. The van der Waals surface area contributed by atoms with Crippen LogP contribution in [0.3, 0.4) is 0 Å². The van der Waals surface area contributed by atoms with Gasteiger partial charge < -0.3 is 9.32 Å². The summed E-state index contributed by atoms with van der Waals surface area (Å²) < 4.78 is 5.65. The van der Waals surface area contributed by atoms with E-state index in [-0.39, 0.29) is 23.3 Å². The molecule has 9 heteroatoms. The van der Waals surface area contributed by atoms with Crippen molar-refractivity contribution in [2.45, 2.75) is 10.8 Å². The number of para-hydroxylation sites is 1. The van der Waals surface area contributed by atoms with Crippen molar-refractivity contribution in [3.05, 3.63) is 54.0 Å². The average Bonchev–Trinajstić information content (AvgIpc) is 3.39. The molecule has 26 heavy (non-hydrogen) atoms. The van der Waals surface area contributed by atoms with E-state index in [1.165, 1.54) is 34.9 Å². The van der Waals surface area contributed by atoms with Gasteiger partial charge in [0.15, 0.2) is 10.1 Å². The number of hydrogen-bond acceptors (Lipinski definition) is 7. The summed E-state index contributed by atoms with van der Waals surface area (Å²) in [5, 5.41) is 10.9. The van der Waals surface area contributed by atoms with Crippen molar-refractivity contribution in [1.82, 2.24) is 10.2 Å². The van der Waals surface area contributed by atoms with Gasteiger partial charge in [-0.2, -0.15) is 0 Å². The van der Waals surface area contributed by atoms with E-state index in [4.69, 9.17) is 4.42 Å². The van der Waals surface area contributed by atoms with E-state index in [1.54, 1.807) is 12.1 Å². The first kappa shape index (κ1) is 16.8. The van der Waals surface area contributed by atoms with Crippen molar-refractivity contribution >= 4 is 45.7 Å². The molecule has 1 aromatic carbocycles. The van der Waals surface area contributed by atoms with Crippen molar-refractivity contribution in [2.75, 3.05) is 22.5 Å². The molecule has 0 fully saturated rings. The number of rotatable bonds is 5. The van der Waals surface area contributed by atoms with Gasteiger partial charge in [-0.1, -0.05) is 41.3 Å². The molecule has 3 heterocycles. The molecule has 7 nitrogen and oxygen atoms in total. The number of amides is 2. The van der Waals surface area contributed by atoms with Crippen LogP contribution >= 0.6 is 23.1 Å². The first-order valence-electron chi connectivity index (χ1n) is 7.90. The minimum atomic E-state index is -0.382. The molecule has 0 bridgehead atoms. The minimum Gasteiger partial charge on any atom is -0.459 e. The second-order valence-corrected chi connectivity index (χ2v) is 7.72. The molecule has 0 atom stereocenters. The standard InChI is InChI=1S/C17H14N4O3S2/c22-14(21-8-7-11-4-1-2-5-12(11)21)10-25-17-20-19-16(26-17)18-15(23)13-6-3-9-24-13/h1-6,9H,7-8,10H2,(H,18,19,23). The Hall–Kier alpha value is -2.65. The number of anilines is 2. The van der Waals surface area contributed by atoms with Gasteiger partial charge in [0, 0.05) is 12.2 Å².